The highest BCUT2D eigenvalue weighted by molar-refractivity contribution is 5.77. The van der Waals surface area contributed by atoms with Gasteiger partial charge in [0.1, 0.15) is 17.2 Å². The Hall–Kier alpha value is -2.53. The fraction of sp³-hybridized carbons (Fsp3) is 0.381. The third kappa shape index (κ3) is 6.41. The van der Waals surface area contributed by atoms with Gasteiger partial charge in [0.05, 0.1) is 0 Å². The van der Waals surface area contributed by atoms with Gasteiger partial charge in [-0.25, -0.2) is 0 Å². The second-order valence-electron chi connectivity index (χ2n) is 6.05. The fourth-order valence-electron chi connectivity index (χ4n) is 2.67. The van der Waals surface area contributed by atoms with Crippen LogP contribution < -0.4 is 14.8 Å². The molecule has 1 unspecified atom stereocenters. The molecule has 0 heterocycles. The van der Waals surface area contributed by atoms with E-state index in [1.54, 1.807) is 12.1 Å². The average molecular weight is 356 g/mol. The molecule has 0 saturated heterocycles. The predicted molar refractivity (Wildman–Crippen MR) is 104 cm³/mol. The van der Waals surface area contributed by atoms with Crippen molar-refractivity contribution in [1.29, 1.82) is 0 Å². The van der Waals surface area contributed by atoms with Crippen molar-refractivity contribution >= 4 is 5.91 Å². The Kier molecular flexibility index (Phi) is 7.96. The molecular formula is C21H28N2O3. The van der Waals surface area contributed by atoms with E-state index >= 15 is 0 Å². The second kappa shape index (κ2) is 10.5. The number of hydrogen-bond donors (Lipinski definition) is 1. The van der Waals surface area contributed by atoms with Gasteiger partial charge in [0.25, 0.3) is 5.91 Å². The molecule has 1 atom stereocenters. The van der Waals surface area contributed by atoms with Crippen LogP contribution in [0.2, 0.25) is 0 Å². The molecule has 0 spiro atoms. The molecule has 140 valence electrons. The number of ether oxygens (including phenoxy) is 2. The average Bonchev–Trinajstić information content (AvgIpc) is 2.67. The van der Waals surface area contributed by atoms with Crippen LogP contribution in [0, 0.1) is 0 Å². The van der Waals surface area contributed by atoms with Crippen molar-refractivity contribution in [1.82, 2.24) is 10.2 Å². The Balaban J connectivity index is 1.74. The minimum Gasteiger partial charge on any atom is -0.484 e. The molecule has 0 bridgehead atoms. The molecule has 5 heteroatoms. The Bertz CT molecular complexity index is 655. The SMILES string of the molecule is CCN(CC)C(C)CNC(=O)COc1ccc(Oc2ccccc2)cc1. The van der Waals surface area contributed by atoms with E-state index in [4.69, 9.17) is 9.47 Å². The molecule has 2 rings (SSSR count). The highest BCUT2D eigenvalue weighted by Gasteiger charge is 2.11. The summed E-state index contributed by atoms with van der Waals surface area (Å²) in [6, 6.07) is 17.1. The minimum atomic E-state index is -0.117. The van der Waals surface area contributed by atoms with E-state index in [9.17, 15) is 4.79 Å². The van der Waals surface area contributed by atoms with Crippen molar-refractivity contribution in [3.63, 3.8) is 0 Å². The number of likely N-dealkylation sites (N-methyl/N-ethyl adjacent to an activating group) is 1. The third-order valence-corrected chi connectivity index (χ3v) is 4.20. The van der Waals surface area contributed by atoms with Crippen LogP contribution in [0.15, 0.2) is 54.6 Å². The van der Waals surface area contributed by atoms with E-state index in [2.05, 4.69) is 31.0 Å². The first-order valence-corrected chi connectivity index (χ1v) is 9.08. The van der Waals surface area contributed by atoms with E-state index in [1.807, 2.05) is 42.5 Å². The lowest BCUT2D eigenvalue weighted by atomic mass is 10.2. The second-order valence-corrected chi connectivity index (χ2v) is 6.05. The monoisotopic (exact) mass is 356 g/mol. The van der Waals surface area contributed by atoms with Crippen LogP contribution in [0.5, 0.6) is 17.2 Å². The molecule has 0 radical (unpaired) electrons. The predicted octanol–water partition coefficient (Wildman–Crippen LogP) is 3.70. The molecule has 0 aromatic heterocycles. The Morgan fingerprint density at radius 3 is 2.15 bits per heavy atom. The molecule has 5 nitrogen and oxygen atoms in total. The van der Waals surface area contributed by atoms with Crippen molar-refractivity contribution in [2.24, 2.45) is 0 Å². The minimum absolute atomic E-state index is 0.00383. The van der Waals surface area contributed by atoms with Gasteiger partial charge in [-0.05, 0) is 56.4 Å². The van der Waals surface area contributed by atoms with Crippen LogP contribution in [-0.4, -0.2) is 43.1 Å². The first-order chi connectivity index (χ1) is 12.6. The number of carbonyl (C=O) groups excluding carboxylic acids is 1. The van der Waals surface area contributed by atoms with E-state index in [-0.39, 0.29) is 12.5 Å². The number of carbonyl (C=O) groups is 1. The molecule has 2 aromatic rings. The van der Waals surface area contributed by atoms with Crippen LogP contribution in [-0.2, 0) is 4.79 Å². The van der Waals surface area contributed by atoms with Crippen molar-refractivity contribution in [3.8, 4) is 17.2 Å². The van der Waals surface area contributed by atoms with Crippen molar-refractivity contribution in [2.45, 2.75) is 26.8 Å². The topological polar surface area (TPSA) is 50.8 Å². The standard InChI is InChI=1S/C21H28N2O3/c1-4-23(5-2)17(3)15-22-21(24)16-25-18-11-13-20(14-12-18)26-19-9-7-6-8-10-19/h6-14,17H,4-5,15-16H2,1-3H3,(H,22,24). The summed E-state index contributed by atoms with van der Waals surface area (Å²) in [6.07, 6.45) is 0. The summed E-state index contributed by atoms with van der Waals surface area (Å²) in [7, 11) is 0. The number of hydrogen-bond acceptors (Lipinski definition) is 4. The number of benzene rings is 2. The Morgan fingerprint density at radius 1 is 0.962 bits per heavy atom. The Labute approximate surface area is 155 Å². The molecule has 0 aliphatic carbocycles. The van der Waals surface area contributed by atoms with Gasteiger partial charge in [0.2, 0.25) is 0 Å². The molecule has 1 amide bonds. The van der Waals surface area contributed by atoms with Gasteiger partial charge in [0, 0.05) is 12.6 Å². The smallest absolute Gasteiger partial charge is 0.257 e. The van der Waals surface area contributed by atoms with Crippen molar-refractivity contribution in [3.05, 3.63) is 54.6 Å². The lowest BCUT2D eigenvalue weighted by Gasteiger charge is -2.26. The zero-order valence-corrected chi connectivity index (χ0v) is 15.8. The van der Waals surface area contributed by atoms with Crippen LogP contribution in [0.3, 0.4) is 0 Å². The summed E-state index contributed by atoms with van der Waals surface area (Å²) in [5.41, 5.74) is 0. The summed E-state index contributed by atoms with van der Waals surface area (Å²) in [4.78, 5) is 14.2. The van der Waals surface area contributed by atoms with Crippen molar-refractivity contribution < 1.29 is 14.3 Å². The van der Waals surface area contributed by atoms with E-state index < -0.39 is 0 Å². The first-order valence-electron chi connectivity index (χ1n) is 9.08. The molecular weight excluding hydrogens is 328 g/mol. The molecule has 0 aliphatic heterocycles. The summed E-state index contributed by atoms with van der Waals surface area (Å²) < 4.78 is 11.3. The van der Waals surface area contributed by atoms with Gasteiger partial charge in [-0.3, -0.25) is 9.69 Å². The number of para-hydroxylation sites is 1. The normalized spacial score (nSPS) is 11.8. The van der Waals surface area contributed by atoms with Gasteiger partial charge >= 0.3 is 0 Å². The highest BCUT2D eigenvalue weighted by atomic mass is 16.5. The van der Waals surface area contributed by atoms with Crippen LogP contribution in [0.1, 0.15) is 20.8 Å². The number of nitrogens with one attached hydrogen (secondary N) is 1. The number of amides is 1. The van der Waals surface area contributed by atoms with Crippen LogP contribution >= 0.6 is 0 Å². The molecule has 2 aromatic carbocycles. The summed E-state index contributed by atoms with van der Waals surface area (Å²) in [5, 5.41) is 2.92. The first kappa shape index (κ1) is 19.8. The zero-order valence-electron chi connectivity index (χ0n) is 15.8. The van der Waals surface area contributed by atoms with Gasteiger partial charge in [-0.2, -0.15) is 0 Å². The fourth-order valence-corrected chi connectivity index (χ4v) is 2.67. The number of nitrogens with zero attached hydrogens (tertiary/aromatic N) is 1. The summed E-state index contributed by atoms with van der Waals surface area (Å²) >= 11 is 0. The van der Waals surface area contributed by atoms with Gasteiger partial charge < -0.3 is 14.8 Å². The zero-order chi connectivity index (χ0) is 18.8. The number of rotatable bonds is 10. The van der Waals surface area contributed by atoms with E-state index in [0.717, 1.165) is 24.6 Å². The summed E-state index contributed by atoms with van der Waals surface area (Å²) in [5.74, 6) is 2.02. The van der Waals surface area contributed by atoms with Gasteiger partial charge in [-0.15, -0.1) is 0 Å². The molecule has 1 N–H and O–H groups in total. The quantitative estimate of drug-likeness (QED) is 0.705. The maximum absolute atomic E-state index is 11.9. The molecule has 26 heavy (non-hydrogen) atoms. The van der Waals surface area contributed by atoms with E-state index in [0.29, 0.717) is 18.3 Å². The molecule has 0 saturated carbocycles. The summed E-state index contributed by atoms with van der Waals surface area (Å²) in [6.45, 7) is 8.92. The lowest BCUT2D eigenvalue weighted by molar-refractivity contribution is -0.123. The van der Waals surface area contributed by atoms with Gasteiger partial charge in [-0.1, -0.05) is 32.0 Å². The van der Waals surface area contributed by atoms with Gasteiger partial charge in [0.15, 0.2) is 6.61 Å². The van der Waals surface area contributed by atoms with Crippen molar-refractivity contribution in [2.75, 3.05) is 26.2 Å². The van der Waals surface area contributed by atoms with E-state index in [1.165, 1.54) is 0 Å². The molecule has 0 aliphatic rings. The lowest BCUT2D eigenvalue weighted by Crippen LogP contribution is -2.43. The Morgan fingerprint density at radius 2 is 1.54 bits per heavy atom. The molecule has 0 fully saturated rings. The van der Waals surface area contributed by atoms with Crippen LogP contribution in [0.25, 0.3) is 0 Å². The maximum Gasteiger partial charge on any atom is 0.257 e. The largest absolute Gasteiger partial charge is 0.484 e. The van der Waals surface area contributed by atoms with Crippen LogP contribution in [0.4, 0.5) is 0 Å². The highest BCUT2D eigenvalue weighted by Crippen LogP contribution is 2.23. The maximum atomic E-state index is 11.9. The third-order valence-electron chi connectivity index (χ3n) is 4.20.